The Bertz CT molecular complexity index is 3550. The van der Waals surface area contributed by atoms with Crippen LogP contribution in [0.3, 0.4) is 0 Å². The summed E-state index contributed by atoms with van der Waals surface area (Å²) in [5.74, 6) is 0. The number of nitrogens with zero attached hydrogens (tertiary/aromatic N) is 2. The number of furan rings is 2. The molecule has 4 heterocycles. The number of benzene rings is 10. The Kier molecular flexibility index (Phi) is 5.23. The minimum Gasteiger partial charge on any atom is -0.456 e. The van der Waals surface area contributed by atoms with Gasteiger partial charge in [-0.1, -0.05) is 84.9 Å². The third kappa shape index (κ3) is 3.63. The van der Waals surface area contributed by atoms with Crippen molar-refractivity contribution in [3.05, 3.63) is 170 Å². The first-order valence-corrected chi connectivity index (χ1v) is 19.2. The smallest absolute Gasteiger partial charge is 0.135 e. The molecule has 4 nitrogen and oxygen atoms in total. The fourth-order valence-corrected chi connectivity index (χ4v) is 9.96. The van der Waals surface area contributed by atoms with E-state index in [0.717, 1.165) is 66.4 Å². The maximum Gasteiger partial charge on any atom is 0.135 e. The topological polar surface area (TPSA) is 36.1 Å². The van der Waals surface area contributed by atoms with E-state index in [4.69, 9.17) is 8.83 Å². The van der Waals surface area contributed by atoms with Crippen LogP contribution in [0.25, 0.3) is 132 Å². The number of aromatic nitrogens is 2. The lowest BCUT2D eigenvalue weighted by molar-refractivity contribution is 0.668. The molecular weight excluding hydrogens is 685 g/mol. The van der Waals surface area contributed by atoms with Gasteiger partial charge >= 0.3 is 0 Å². The third-order valence-electron chi connectivity index (χ3n) is 12.4. The summed E-state index contributed by atoms with van der Waals surface area (Å²) in [7, 11) is 0. The van der Waals surface area contributed by atoms with E-state index >= 15 is 0 Å². The molecule has 10 aromatic carbocycles. The molecule has 0 atom stereocenters. The second kappa shape index (κ2) is 10.1. The van der Waals surface area contributed by atoms with Crippen molar-refractivity contribution >= 4 is 109 Å². The molecule has 0 N–H and O–H groups in total. The molecule has 0 radical (unpaired) electrons. The molecule has 4 aromatic heterocycles. The molecule has 0 spiro atoms. The molecule has 0 fully saturated rings. The first-order valence-electron chi connectivity index (χ1n) is 19.2. The maximum absolute atomic E-state index is 6.44. The number of hydrogen-bond donors (Lipinski definition) is 0. The van der Waals surface area contributed by atoms with Crippen LogP contribution in [0.5, 0.6) is 0 Å². The summed E-state index contributed by atoms with van der Waals surface area (Å²) in [4.78, 5) is 0. The van der Waals surface area contributed by atoms with Crippen LogP contribution in [0.2, 0.25) is 0 Å². The fraction of sp³-hybridized carbons (Fsp3) is 0. The van der Waals surface area contributed by atoms with E-state index in [-0.39, 0.29) is 0 Å². The lowest BCUT2D eigenvalue weighted by atomic mass is 10.0. The molecule has 0 aliphatic rings. The third-order valence-corrected chi connectivity index (χ3v) is 12.4. The van der Waals surface area contributed by atoms with E-state index in [9.17, 15) is 0 Å². The molecule has 14 rings (SSSR count). The highest BCUT2D eigenvalue weighted by Gasteiger charge is 2.20. The number of fused-ring (bicyclic) bond motifs is 6. The van der Waals surface area contributed by atoms with E-state index in [1.807, 2.05) is 0 Å². The Balaban J connectivity index is 0.934. The summed E-state index contributed by atoms with van der Waals surface area (Å²) < 4.78 is 17.7. The van der Waals surface area contributed by atoms with Gasteiger partial charge in [0.2, 0.25) is 0 Å². The summed E-state index contributed by atoms with van der Waals surface area (Å²) in [5, 5.41) is 14.7. The van der Waals surface area contributed by atoms with Crippen LogP contribution in [-0.2, 0) is 0 Å². The molecule has 4 heteroatoms. The van der Waals surface area contributed by atoms with Gasteiger partial charge in [-0.05, 0) is 118 Å². The number of rotatable bonds is 3. The second-order valence-corrected chi connectivity index (χ2v) is 15.3. The van der Waals surface area contributed by atoms with Crippen molar-refractivity contribution in [1.29, 1.82) is 0 Å². The van der Waals surface area contributed by atoms with Crippen molar-refractivity contribution in [3.8, 4) is 22.5 Å². The zero-order valence-electron chi connectivity index (χ0n) is 29.9. The molecule has 0 unspecified atom stereocenters. The van der Waals surface area contributed by atoms with Gasteiger partial charge in [0.25, 0.3) is 0 Å². The van der Waals surface area contributed by atoms with Crippen LogP contribution in [0.4, 0.5) is 0 Å². The molecular formula is C52H28N2O2. The minimum absolute atomic E-state index is 0.881. The molecule has 0 saturated heterocycles. The van der Waals surface area contributed by atoms with E-state index in [0.29, 0.717) is 0 Å². The summed E-state index contributed by atoms with van der Waals surface area (Å²) >= 11 is 0. The van der Waals surface area contributed by atoms with Crippen molar-refractivity contribution in [2.45, 2.75) is 0 Å². The van der Waals surface area contributed by atoms with Crippen molar-refractivity contribution in [3.63, 3.8) is 0 Å². The van der Waals surface area contributed by atoms with Crippen LogP contribution in [0, 0.1) is 0 Å². The monoisotopic (exact) mass is 712 g/mol. The minimum atomic E-state index is 0.881. The van der Waals surface area contributed by atoms with Crippen molar-refractivity contribution in [1.82, 2.24) is 9.13 Å². The maximum atomic E-state index is 6.44. The summed E-state index contributed by atoms with van der Waals surface area (Å²) in [6.45, 7) is 0. The van der Waals surface area contributed by atoms with E-state index in [2.05, 4.69) is 179 Å². The Morgan fingerprint density at radius 3 is 0.964 bits per heavy atom. The Morgan fingerprint density at radius 2 is 0.607 bits per heavy atom. The van der Waals surface area contributed by atoms with Gasteiger partial charge < -0.3 is 18.0 Å². The molecule has 0 aliphatic heterocycles. The lowest BCUT2D eigenvalue weighted by Gasteiger charge is -2.08. The quantitative estimate of drug-likeness (QED) is 0.171. The van der Waals surface area contributed by atoms with E-state index < -0.39 is 0 Å². The second-order valence-electron chi connectivity index (χ2n) is 15.3. The molecule has 0 aliphatic carbocycles. The van der Waals surface area contributed by atoms with Crippen LogP contribution in [0.15, 0.2) is 179 Å². The first-order chi connectivity index (χ1) is 27.7. The Labute approximate surface area is 318 Å². The summed E-state index contributed by atoms with van der Waals surface area (Å²) in [6, 6.07) is 61.7. The number of hydrogen-bond acceptors (Lipinski definition) is 2. The lowest BCUT2D eigenvalue weighted by Crippen LogP contribution is -1.93. The molecule has 258 valence electrons. The molecule has 56 heavy (non-hydrogen) atoms. The molecule has 0 bridgehead atoms. The predicted molar refractivity (Wildman–Crippen MR) is 232 cm³/mol. The van der Waals surface area contributed by atoms with Gasteiger partial charge in [-0.3, -0.25) is 0 Å². The van der Waals surface area contributed by atoms with Gasteiger partial charge in [-0.15, -0.1) is 0 Å². The van der Waals surface area contributed by atoms with Crippen molar-refractivity contribution in [2.24, 2.45) is 0 Å². The van der Waals surface area contributed by atoms with E-state index in [1.165, 1.54) is 65.2 Å². The van der Waals surface area contributed by atoms with Gasteiger partial charge in [0, 0.05) is 54.5 Å². The van der Waals surface area contributed by atoms with Gasteiger partial charge in [0.05, 0.1) is 22.1 Å². The standard InChI is InChI=1S/C52H28N2O2/c1-5-29-13-14-30-6-2-10-42-50(30)49(29)41(9-1)53(42)35-19-23-47-39(27-35)37-25-33(17-21-45(37)55-47)34-18-22-46-38(26-34)40-28-36(20-24-48(40)56-46)54-43-11-3-7-31-15-16-32-8-4-12-44(54)52(32)51(31)43/h1-28H. The van der Waals surface area contributed by atoms with Crippen molar-refractivity contribution in [2.75, 3.05) is 0 Å². The predicted octanol–water partition coefficient (Wildman–Crippen LogP) is 14.5. The van der Waals surface area contributed by atoms with E-state index in [1.54, 1.807) is 0 Å². The van der Waals surface area contributed by atoms with Crippen LogP contribution >= 0.6 is 0 Å². The zero-order chi connectivity index (χ0) is 36.2. The van der Waals surface area contributed by atoms with Gasteiger partial charge in [-0.2, -0.15) is 0 Å². The Morgan fingerprint density at radius 1 is 0.286 bits per heavy atom. The highest BCUT2D eigenvalue weighted by atomic mass is 16.3. The normalized spacial score (nSPS) is 12.6. The van der Waals surface area contributed by atoms with Gasteiger partial charge in [0.1, 0.15) is 22.3 Å². The molecule has 0 saturated carbocycles. The van der Waals surface area contributed by atoms with Crippen LogP contribution < -0.4 is 0 Å². The van der Waals surface area contributed by atoms with Gasteiger partial charge in [-0.25, -0.2) is 0 Å². The largest absolute Gasteiger partial charge is 0.456 e. The molecule has 0 amide bonds. The molecule has 14 aromatic rings. The SMILES string of the molecule is c1cc2ccc3cccc4c3c2c(c1)n4-c1ccc2oc3ccc(-c4ccc5oc6ccc(-n7c8cccc9ccc%10cccc7c%10c98)cc6c5c4)cc3c2c1. The highest BCUT2D eigenvalue weighted by Crippen LogP contribution is 2.43. The van der Waals surface area contributed by atoms with Crippen molar-refractivity contribution < 1.29 is 8.83 Å². The summed E-state index contributed by atoms with van der Waals surface area (Å²) in [5.41, 5.74) is 12.9. The average molecular weight is 713 g/mol. The fourth-order valence-electron chi connectivity index (χ4n) is 9.96. The zero-order valence-corrected chi connectivity index (χ0v) is 29.9. The van der Waals surface area contributed by atoms with Crippen LogP contribution in [0.1, 0.15) is 0 Å². The summed E-state index contributed by atoms with van der Waals surface area (Å²) in [6.07, 6.45) is 0. The Hall–Kier alpha value is -7.56. The van der Waals surface area contributed by atoms with Gasteiger partial charge in [0.15, 0.2) is 0 Å². The average Bonchev–Trinajstić information content (AvgIpc) is 4.00. The van der Waals surface area contributed by atoms with Crippen LogP contribution in [-0.4, -0.2) is 9.13 Å². The first kappa shape index (κ1) is 28.9. The highest BCUT2D eigenvalue weighted by molar-refractivity contribution is 6.25.